The molecule has 118 valence electrons. The molecule has 3 rings (SSSR count). The molecule has 1 saturated heterocycles. The van der Waals surface area contributed by atoms with Crippen molar-refractivity contribution in [3.8, 4) is 0 Å². The third-order valence-corrected chi connectivity index (χ3v) is 5.84. The van der Waals surface area contributed by atoms with E-state index in [0.29, 0.717) is 19.6 Å². The molecule has 2 heterocycles. The average molecular weight is 320 g/mol. The van der Waals surface area contributed by atoms with Crippen molar-refractivity contribution in [2.24, 2.45) is 0 Å². The standard InChI is InChI=1S/C15H20N4O2S/c1-12-3-5-14(6-4-12)19-8-7-18(10-13(19)2)22(20,21)15-9-16-11-17-15/h3-6,9,11,13H,7-8,10H2,1-2H3,(H,16,17). The average Bonchev–Trinajstić information content (AvgIpc) is 3.03. The Morgan fingerprint density at radius 3 is 2.55 bits per heavy atom. The zero-order valence-corrected chi connectivity index (χ0v) is 13.5. The predicted octanol–water partition coefficient (Wildman–Crippen LogP) is 1.62. The number of nitrogens with one attached hydrogen (secondary N) is 1. The molecule has 0 saturated carbocycles. The normalized spacial score (nSPS) is 20.3. The molecule has 1 unspecified atom stereocenters. The van der Waals surface area contributed by atoms with Crippen molar-refractivity contribution in [3.63, 3.8) is 0 Å². The van der Waals surface area contributed by atoms with Gasteiger partial charge in [-0.1, -0.05) is 17.7 Å². The molecule has 1 N–H and O–H groups in total. The fourth-order valence-electron chi connectivity index (χ4n) is 2.79. The van der Waals surface area contributed by atoms with E-state index in [1.165, 1.54) is 22.4 Å². The van der Waals surface area contributed by atoms with Crippen LogP contribution in [0.25, 0.3) is 0 Å². The molecular formula is C15H20N4O2S. The summed E-state index contributed by atoms with van der Waals surface area (Å²) < 4.78 is 26.6. The summed E-state index contributed by atoms with van der Waals surface area (Å²) in [6.45, 7) is 5.73. The van der Waals surface area contributed by atoms with Gasteiger partial charge in [-0.15, -0.1) is 0 Å². The summed E-state index contributed by atoms with van der Waals surface area (Å²) in [5, 5.41) is 0.156. The van der Waals surface area contributed by atoms with E-state index in [4.69, 9.17) is 0 Å². The molecule has 1 fully saturated rings. The Morgan fingerprint density at radius 1 is 1.23 bits per heavy atom. The zero-order valence-electron chi connectivity index (χ0n) is 12.7. The molecule has 1 aliphatic rings. The minimum absolute atomic E-state index is 0.120. The number of aromatic nitrogens is 2. The quantitative estimate of drug-likeness (QED) is 0.933. The minimum atomic E-state index is -3.48. The lowest BCUT2D eigenvalue weighted by molar-refractivity contribution is 0.341. The number of aryl methyl sites for hydroxylation is 1. The summed E-state index contributed by atoms with van der Waals surface area (Å²) in [5.74, 6) is 0. The number of hydrogen-bond donors (Lipinski definition) is 1. The highest BCUT2D eigenvalue weighted by Gasteiger charge is 2.33. The Morgan fingerprint density at radius 2 is 1.95 bits per heavy atom. The van der Waals surface area contributed by atoms with Gasteiger partial charge in [0.1, 0.15) is 0 Å². The van der Waals surface area contributed by atoms with Gasteiger partial charge in [-0.25, -0.2) is 13.4 Å². The van der Waals surface area contributed by atoms with E-state index in [0.717, 1.165) is 5.69 Å². The van der Waals surface area contributed by atoms with Crippen LogP contribution in [0, 0.1) is 6.92 Å². The van der Waals surface area contributed by atoms with Gasteiger partial charge in [0.15, 0.2) is 5.03 Å². The molecule has 0 spiro atoms. The Hall–Kier alpha value is -1.86. The van der Waals surface area contributed by atoms with Gasteiger partial charge in [0.05, 0.1) is 12.5 Å². The highest BCUT2D eigenvalue weighted by molar-refractivity contribution is 7.89. The lowest BCUT2D eigenvalue weighted by atomic mass is 10.1. The van der Waals surface area contributed by atoms with Gasteiger partial charge in [0.2, 0.25) is 0 Å². The number of H-pyrrole nitrogens is 1. The monoisotopic (exact) mass is 320 g/mol. The second-order valence-electron chi connectivity index (χ2n) is 5.66. The van der Waals surface area contributed by atoms with Crippen LogP contribution in [-0.4, -0.2) is 48.4 Å². The number of sulfonamides is 1. The Labute approximate surface area is 130 Å². The van der Waals surface area contributed by atoms with Gasteiger partial charge in [-0.2, -0.15) is 4.31 Å². The van der Waals surface area contributed by atoms with Crippen LogP contribution < -0.4 is 4.90 Å². The second kappa shape index (κ2) is 5.73. The van der Waals surface area contributed by atoms with Gasteiger partial charge in [0.25, 0.3) is 10.0 Å². The van der Waals surface area contributed by atoms with Crippen LogP contribution in [0.5, 0.6) is 0 Å². The Kier molecular flexibility index (Phi) is 3.92. The minimum Gasteiger partial charge on any atom is -0.366 e. The first-order valence-electron chi connectivity index (χ1n) is 7.30. The van der Waals surface area contributed by atoms with Crippen LogP contribution in [0.3, 0.4) is 0 Å². The summed E-state index contributed by atoms with van der Waals surface area (Å²) in [7, 11) is -3.48. The highest BCUT2D eigenvalue weighted by atomic mass is 32.2. The largest absolute Gasteiger partial charge is 0.366 e. The zero-order chi connectivity index (χ0) is 15.7. The lowest BCUT2D eigenvalue weighted by Gasteiger charge is -2.40. The van der Waals surface area contributed by atoms with Crippen molar-refractivity contribution in [2.45, 2.75) is 24.9 Å². The van der Waals surface area contributed by atoms with Gasteiger partial charge in [0, 0.05) is 31.4 Å². The maximum absolute atomic E-state index is 12.5. The molecule has 2 aromatic rings. The van der Waals surface area contributed by atoms with Crippen LogP contribution in [0.2, 0.25) is 0 Å². The van der Waals surface area contributed by atoms with Crippen LogP contribution >= 0.6 is 0 Å². The summed E-state index contributed by atoms with van der Waals surface area (Å²) in [6, 6.07) is 8.45. The summed E-state index contributed by atoms with van der Waals surface area (Å²) in [4.78, 5) is 8.73. The first kappa shape index (κ1) is 15.1. The molecule has 1 aliphatic heterocycles. The van der Waals surface area contributed by atoms with E-state index >= 15 is 0 Å². The number of rotatable bonds is 3. The maximum Gasteiger partial charge on any atom is 0.260 e. The van der Waals surface area contributed by atoms with E-state index in [9.17, 15) is 8.42 Å². The van der Waals surface area contributed by atoms with Crippen molar-refractivity contribution in [2.75, 3.05) is 24.5 Å². The topological polar surface area (TPSA) is 69.3 Å². The summed E-state index contributed by atoms with van der Waals surface area (Å²) in [5.41, 5.74) is 2.36. The number of piperazine rings is 1. The number of aromatic amines is 1. The second-order valence-corrected chi connectivity index (χ2v) is 7.56. The van der Waals surface area contributed by atoms with Crippen molar-refractivity contribution in [1.82, 2.24) is 14.3 Å². The Bertz CT molecular complexity index is 725. The van der Waals surface area contributed by atoms with Gasteiger partial charge < -0.3 is 9.88 Å². The number of hydrogen-bond acceptors (Lipinski definition) is 4. The van der Waals surface area contributed by atoms with E-state index in [1.807, 2.05) is 0 Å². The lowest BCUT2D eigenvalue weighted by Crippen LogP contribution is -2.53. The van der Waals surface area contributed by atoms with Crippen molar-refractivity contribution in [1.29, 1.82) is 0 Å². The molecule has 22 heavy (non-hydrogen) atoms. The van der Waals surface area contributed by atoms with Crippen LogP contribution in [0.1, 0.15) is 12.5 Å². The molecule has 1 atom stereocenters. The van der Waals surface area contributed by atoms with E-state index in [-0.39, 0.29) is 11.1 Å². The third kappa shape index (κ3) is 2.74. The van der Waals surface area contributed by atoms with Crippen LogP contribution in [0.15, 0.2) is 41.8 Å². The van der Waals surface area contributed by atoms with E-state index in [2.05, 4.69) is 53.0 Å². The fourth-order valence-corrected chi connectivity index (χ4v) is 4.19. The summed E-state index contributed by atoms with van der Waals surface area (Å²) in [6.07, 6.45) is 2.74. The number of anilines is 1. The van der Waals surface area contributed by atoms with Gasteiger partial charge >= 0.3 is 0 Å². The predicted molar refractivity (Wildman–Crippen MR) is 85.3 cm³/mol. The molecule has 1 aromatic carbocycles. The molecular weight excluding hydrogens is 300 g/mol. The third-order valence-electron chi connectivity index (χ3n) is 4.05. The fraction of sp³-hybridized carbons (Fsp3) is 0.400. The molecule has 0 radical (unpaired) electrons. The number of nitrogens with zero attached hydrogens (tertiary/aromatic N) is 3. The Balaban J connectivity index is 1.76. The maximum atomic E-state index is 12.5. The van der Waals surface area contributed by atoms with Crippen LogP contribution in [-0.2, 0) is 10.0 Å². The molecule has 0 bridgehead atoms. The van der Waals surface area contributed by atoms with E-state index in [1.54, 1.807) is 0 Å². The van der Waals surface area contributed by atoms with E-state index < -0.39 is 10.0 Å². The smallest absolute Gasteiger partial charge is 0.260 e. The SMILES string of the molecule is Cc1ccc(N2CCN(S(=O)(=O)c3cnc[nH]3)CC2C)cc1. The molecule has 0 aliphatic carbocycles. The molecule has 6 nitrogen and oxygen atoms in total. The van der Waals surface area contributed by atoms with Crippen molar-refractivity contribution < 1.29 is 8.42 Å². The molecule has 7 heteroatoms. The number of benzene rings is 1. The highest BCUT2D eigenvalue weighted by Crippen LogP contribution is 2.23. The number of imidazole rings is 1. The summed E-state index contributed by atoms with van der Waals surface area (Å²) >= 11 is 0. The van der Waals surface area contributed by atoms with Gasteiger partial charge in [-0.3, -0.25) is 0 Å². The molecule has 1 aromatic heterocycles. The van der Waals surface area contributed by atoms with Gasteiger partial charge in [-0.05, 0) is 26.0 Å². The first-order chi connectivity index (χ1) is 10.5. The van der Waals surface area contributed by atoms with Crippen LogP contribution in [0.4, 0.5) is 5.69 Å². The first-order valence-corrected chi connectivity index (χ1v) is 8.74. The van der Waals surface area contributed by atoms with Crippen molar-refractivity contribution >= 4 is 15.7 Å². The van der Waals surface area contributed by atoms with Crippen molar-refractivity contribution in [3.05, 3.63) is 42.4 Å². The molecule has 0 amide bonds.